The molecule has 0 aromatic heterocycles. The molecular weight excluding hydrogens is 446 g/mol. The normalized spacial score (nSPS) is 16.5. The maximum atomic E-state index is 12.4. The van der Waals surface area contributed by atoms with Crippen molar-refractivity contribution in [2.75, 3.05) is 7.11 Å². The maximum Gasteiger partial charge on any atom is 0.312 e. The molecule has 9 heteroatoms. The van der Waals surface area contributed by atoms with Crippen LogP contribution in [-0.2, 0) is 4.79 Å². The van der Waals surface area contributed by atoms with E-state index in [0.29, 0.717) is 20.1 Å². The van der Waals surface area contributed by atoms with Gasteiger partial charge in [-0.2, -0.15) is 0 Å². The number of nitrogens with one attached hydrogen (secondary N) is 1. The average Bonchev–Trinajstić information content (AvgIpc) is 2.96. The molecule has 2 aromatic carbocycles. The number of aryl methyl sites for hydroxylation is 2. The van der Waals surface area contributed by atoms with Crippen LogP contribution in [0.5, 0.6) is 5.75 Å². The van der Waals surface area contributed by atoms with E-state index in [1.54, 1.807) is 12.1 Å². The van der Waals surface area contributed by atoms with Gasteiger partial charge in [-0.15, -0.1) is 0 Å². The van der Waals surface area contributed by atoms with Crippen LogP contribution in [0, 0.1) is 24.0 Å². The molecule has 7 nitrogen and oxygen atoms in total. The van der Waals surface area contributed by atoms with Crippen molar-refractivity contribution in [3.05, 3.63) is 66.5 Å². The predicted molar refractivity (Wildman–Crippen MR) is 114 cm³/mol. The summed E-state index contributed by atoms with van der Waals surface area (Å²) in [5.74, 6) is -0.229. The van der Waals surface area contributed by atoms with Gasteiger partial charge in [-0.25, -0.2) is 4.99 Å². The number of amides is 1. The van der Waals surface area contributed by atoms with Crippen molar-refractivity contribution in [3.8, 4) is 5.75 Å². The molecule has 2 aromatic rings. The first kappa shape index (κ1) is 20.1. The van der Waals surface area contributed by atoms with Crippen molar-refractivity contribution in [3.63, 3.8) is 0 Å². The summed E-state index contributed by atoms with van der Waals surface area (Å²) in [5.41, 5.74) is 3.08. The van der Waals surface area contributed by atoms with Crippen molar-refractivity contribution >= 4 is 56.2 Å². The van der Waals surface area contributed by atoms with E-state index >= 15 is 0 Å². The minimum atomic E-state index is -0.527. The number of methoxy groups -OCH3 is 1. The molecule has 0 radical (unpaired) electrons. The number of ether oxygens (including phenoxy) is 1. The van der Waals surface area contributed by atoms with Gasteiger partial charge in [0.25, 0.3) is 5.91 Å². The Balaban J connectivity index is 1.99. The molecule has 0 bridgehead atoms. The standard InChI is InChI=1S/C19H16BrN3O4S/c1-10-4-5-11(2)14(6-10)21-19-22-18(24)16(28-19)8-12-7-13(20)9-15(23(25)26)17(12)27-3/h4-9H,1-3H3,(H,21,22,24)/b16-8-. The number of hydrogen-bond donors (Lipinski definition) is 1. The first-order chi connectivity index (χ1) is 13.3. The molecule has 1 fully saturated rings. The van der Waals surface area contributed by atoms with Crippen LogP contribution < -0.4 is 10.1 Å². The van der Waals surface area contributed by atoms with E-state index in [4.69, 9.17) is 4.74 Å². The van der Waals surface area contributed by atoms with E-state index < -0.39 is 4.92 Å². The molecule has 28 heavy (non-hydrogen) atoms. The van der Waals surface area contributed by atoms with Crippen LogP contribution in [0.3, 0.4) is 0 Å². The number of carbonyl (C=O) groups is 1. The Morgan fingerprint density at radius 3 is 2.71 bits per heavy atom. The van der Waals surface area contributed by atoms with Gasteiger partial charge < -0.3 is 10.1 Å². The summed E-state index contributed by atoms with van der Waals surface area (Å²) >= 11 is 4.43. The van der Waals surface area contributed by atoms with Crippen molar-refractivity contribution in [1.82, 2.24) is 5.32 Å². The highest BCUT2D eigenvalue weighted by Gasteiger charge is 2.26. The van der Waals surface area contributed by atoms with Gasteiger partial charge in [-0.1, -0.05) is 28.1 Å². The lowest BCUT2D eigenvalue weighted by Crippen LogP contribution is -2.19. The molecular formula is C19H16BrN3O4S. The molecule has 1 aliphatic heterocycles. The Hall–Kier alpha value is -2.65. The number of rotatable bonds is 4. The lowest BCUT2D eigenvalue weighted by molar-refractivity contribution is -0.385. The number of nitro groups is 1. The van der Waals surface area contributed by atoms with E-state index in [1.165, 1.54) is 24.9 Å². The van der Waals surface area contributed by atoms with Crippen molar-refractivity contribution in [2.45, 2.75) is 13.8 Å². The number of carbonyl (C=O) groups excluding carboxylic acids is 1. The first-order valence-corrected chi connectivity index (χ1v) is 9.78. The molecule has 0 atom stereocenters. The maximum absolute atomic E-state index is 12.4. The minimum absolute atomic E-state index is 0.0917. The summed E-state index contributed by atoms with van der Waals surface area (Å²) in [6.45, 7) is 3.92. The monoisotopic (exact) mass is 461 g/mol. The van der Waals surface area contributed by atoms with Gasteiger partial charge >= 0.3 is 5.69 Å². The quantitative estimate of drug-likeness (QED) is 0.397. The van der Waals surface area contributed by atoms with E-state index in [1.807, 2.05) is 32.0 Å². The van der Waals surface area contributed by atoms with Gasteiger partial charge in [-0.3, -0.25) is 14.9 Å². The minimum Gasteiger partial charge on any atom is -0.490 e. The van der Waals surface area contributed by atoms with Gasteiger partial charge in [0.05, 0.1) is 22.6 Å². The molecule has 1 saturated heterocycles. The number of halogens is 1. The molecule has 1 heterocycles. The van der Waals surface area contributed by atoms with Gasteiger partial charge in [-0.05, 0) is 54.9 Å². The summed E-state index contributed by atoms with van der Waals surface area (Å²) in [6.07, 6.45) is 1.56. The average molecular weight is 462 g/mol. The zero-order chi connectivity index (χ0) is 20.4. The molecule has 1 amide bonds. The molecule has 1 aliphatic rings. The van der Waals surface area contributed by atoms with Gasteiger partial charge in [0.15, 0.2) is 5.17 Å². The van der Waals surface area contributed by atoms with Crippen LogP contribution in [0.2, 0.25) is 0 Å². The Labute approximate surface area is 174 Å². The highest BCUT2D eigenvalue weighted by atomic mass is 79.9. The number of hydrogen-bond acceptors (Lipinski definition) is 6. The van der Waals surface area contributed by atoms with Crippen LogP contribution in [0.25, 0.3) is 6.08 Å². The highest BCUT2D eigenvalue weighted by molar-refractivity contribution is 9.10. The fourth-order valence-corrected chi connectivity index (χ4v) is 3.93. The van der Waals surface area contributed by atoms with E-state index in [2.05, 4.69) is 26.2 Å². The fourth-order valence-electron chi connectivity index (χ4n) is 2.64. The summed E-state index contributed by atoms with van der Waals surface area (Å²) < 4.78 is 5.72. The highest BCUT2D eigenvalue weighted by Crippen LogP contribution is 2.38. The zero-order valence-electron chi connectivity index (χ0n) is 15.3. The van der Waals surface area contributed by atoms with Crippen molar-refractivity contribution < 1.29 is 14.5 Å². The largest absolute Gasteiger partial charge is 0.490 e. The molecule has 1 N–H and O–H groups in total. The van der Waals surface area contributed by atoms with E-state index in [9.17, 15) is 14.9 Å². The molecule has 0 aliphatic carbocycles. The summed E-state index contributed by atoms with van der Waals surface area (Å²) in [5, 5.41) is 14.5. The second-order valence-corrected chi connectivity index (χ2v) is 8.02. The van der Waals surface area contributed by atoms with Gasteiger partial charge in [0.2, 0.25) is 5.75 Å². The van der Waals surface area contributed by atoms with Crippen LogP contribution in [0.15, 0.2) is 44.7 Å². The third-order valence-electron chi connectivity index (χ3n) is 3.99. The van der Waals surface area contributed by atoms with E-state index in [0.717, 1.165) is 16.8 Å². The first-order valence-electron chi connectivity index (χ1n) is 8.17. The Bertz CT molecular complexity index is 1050. The number of nitrogens with zero attached hydrogens (tertiary/aromatic N) is 2. The Morgan fingerprint density at radius 2 is 2.04 bits per heavy atom. The SMILES string of the molecule is COc1c(/C=C2\SC(=Nc3cc(C)ccc3C)NC2=O)cc(Br)cc1[N+](=O)[O-]. The smallest absolute Gasteiger partial charge is 0.312 e. The lowest BCUT2D eigenvalue weighted by atomic mass is 10.1. The third kappa shape index (κ3) is 4.26. The molecule has 0 saturated carbocycles. The van der Waals surface area contributed by atoms with Crippen LogP contribution in [0.1, 0.15) is 16.7 Å². The van der Waals surface area contributed by atoms with Crippen LogP contribution in [0.4, 0.5) is 11.4 Å². The zero-order valence-corrected chi connectivity index (χ0v) is 17.7. The number of benzene rings is 2. The van der Waals surface area contributed by atoms with Crippen LogP contribution >= 0.6 is 27.7 Å². The second kappa shape index (κ2) is 8.15. The molecule has 0 unspecified atom stereocenters. The summed E-state index contributed by atoms with van der Waals surface area (Å²) in [7, 11) is 1.35. The topological polar surface area (TPSA) is 93.8 Å². The molecule has 0 spiro atoms. The molecule has 3 rings (SSSR count). The Morgan fingerprint density at radius 1 is 1.29 bits per heavy atom. The lowest BCUT2D eigenvalue weighted by Gasteiger charge is -2.07. The predicted octanol–water partition coefficient (Wildman–Crippen LogP) is 4.87. The number of thioether (sulfide) groups is 1. The number of nitro benzene ring substituents is 1. The number of aliphatic imine (C=N–C) groups is 1. The third-order valence-corrected chi connectivity index (χ3v) is 5.36. The van der Waals surface area contributed by atoms with Gasteiger partial charge in [0.1, 0.15) is 0 Å². The molecule has 144 valence electrons. The summed E-state index contributed by atoms with van der Waals surface area (Å²) in [4.78, 5) is 28.0. The van der Waals surface area contributed by atoms with Crippen molar-refractivity contribution in [1.29, 1.82) is 0 Å². The van der Waals surface area contributed by atoms with Crippen LogP contribution in [-0.4, -0.2) is 23.1 Å². The number of amidine groups is 1. The summed E-state index contributed by atoms with van der Waals surface area (Å²) in [6, 6.07) is 8.93. The Kier molecular flexibility index (Phi) is 5.85. The van der Waals surface area contributed by atoms with Crippen molar-refractivity contribution in [2.24, 2.45) is 4.99 Å². The van der Waals surface area contributed by atoms with Gasteiger partial charge in [0, 0.05) is 16.1 Å². The fraction of sp³-hybridized carbons (Fsp3) is 0.158. The van der Waals surface area contributed by atoms with E-state index in [-0.39, 0.29) is 17.3 Å². The second-order valence-electron chi connectivity index (χ2n) is 6.08.